The van der Waals surface area contributed by atoms with Gasteiger partial charge in [-0.2, -0.15) is 0 Å². The molecule has 3 heteroatoms. The van der Waals surface area contributed by atoms with Crippen LogP contribution in [-0.4, -0.2) is 36.7 Å². The lowest BCUT2D eigenvalue weighted by molar-refractivity contribution is -0.0190. The highest BCUT2D eigenvalue weighted by Crippen LogP contribution is 2.31. The van der Waals surface area contributed by atoms with E-state index in [-0.39, 0.29) is 17.0 Å². The third-order valence-corrected chi connectivity index (χ3v) is 4.72. The number of morpholine rings is 1. The summed E-state index contributed by atoms with van der Waals surface area (Å²) in [4.78, 5) is 2.44. The lowest BCUT2D eigenvalue weighted by Crippen LogP contribution is -2.55. The number of ether oxygens (including phenoxy) is 1. The van der Waals surface area contributed by atoms with Crippen LogP contribution in [0.2, 0.25) is 0 Å². The Bertz CT molecular complexity index is 453. The second-order valence-corrected chi connectivity index (χ2v) is 7.60. The highest BCUT2D eigenvalue weighted by molar-refractivity contribution is 5.30. The highest BCUT2D eigenvalue weighted by atomic mass is 16.5. The topological polar surface area (TPSA) is 38.5 Å². The van der Waals surface area contributed by atoms with Crippen LogP contribution in [0.4, 0.5) is 0 Å². The summed E-state index contributed by atoms with van der Waals surface area (Å²) in [5.74, 6) is 0. The lowest BCUT2D eigenvalue weighted by atomic mass is 9.83. The third kappa shape index (κ3) is 3.65. The highest BCUT2D eigenvalue weighted by Gasteiger charge is 2.35. The van der Waals surface area contributed by atoms with E-state index in [0.29, 0.717) is 0 Å². The normalized spacial score (nSPS) is 19.5. The van der Waals surface area contributed by atoms with Crippen molar-refractivity contribution in [3.8, 4) is 0 Å². The number of rotatable bonds is 3. The van der Waals surface area contributed by atoms with E-state index in [0.717, 1.165) is 26.3 Å². The molecule has 1 heterocycles. The van der Waals surface area contributed by atoms with Crippen molar-refractivity contribution in [2.75, 3.05) is 26.3 Å². The average Bonchev–Trinajstić information content (AvgIpc) is 2.46. The van der Waals surface area contributed by atoms with Gasteiger partial charge in [0.05, 0.1) is 13.2 Å². The summed E-state index contributed by atoms with van der Waals surface area (Å²) in [6.07, 6.45) is 0. The molecule has 0 radical (unpaired) electrons. The van der Waals surface area contributed by atoms with Crippen molar-refractivity contribution >= 4 is 0 Å². The van der Waals surface area contributed by atoms with Gasteiger partial charge in [-0.25, -0.2) is 0 Å². The summed E-state index contributed by atoms with van der Waals surface area (Å²) < 4.78 is 5.45. The van der Waals surface area contributed by atoms with Crippen molar-refractivity contribution in [3.63, 3.8) is 0 Å². The minimum atomic E-state index is -0.0625. The quantitative estimate of drug-likeness (QED) is 0.929. The number of nitrogens with two attached hydrogens (primary N) is 1. The summed E-state index contributed by atoms with van der Waals surface area (Å²) >= 11 is 0. The van der Waals surface area contributed by atoms with Gasteiger partial charge in [0.2, 0.25) is 0 Å². The average molecular weight is 290 g/mol. The van der Waals surface area contributed by atoms with E-state index < -0.39 is 0 Å². The number of hydrogen-bond donors (Lipinski definition) is 1. The molecular formula is C18H30N2O. The minimum Gasteiger partial charge on any atom is -0.379 e. The lowest BCUT2D eigenvalue weighted by Gasteiger charge is -2.44. The Balaban J connectivity index is 2.16. The molecule has 1 aromatic carbocycles. The van der Waals surface area contributed by atoms with E-state index in [4.69, 9.17) is 10.5 Å². The maximum Gasteiger partial charge on any atom is 0.0594 e. The van der Waals surface area contributed by atoms with Crippen molar-refractivity contribution in [2.24, 2.45) is 5.73 Å². The molecule has 0 amide bonds. The molecule has 0 aliphatic carbocycles. The molecule has 0 aromatic heterocycles. The van der Waals surface area contributed by atoms with Crippen LogP contribution in [0.1, 0.15) is 51.8 Å². The number of hydrogen-bond acceptors (Lipinski definition) is 3. The van der Waals surface area contributed by atoms with Gasteiger partial charge in [0.15, 0.2) is 0 Å². The van der Waals surface area contributed by atoms with Gasteiger partial charge >= 0.3 is 0 Å². The summed E-state index contributed by atoms with van der Waals surface area (Å²) in [5.41, 5.74) is 9.26. The second-order valence-electron chi connectivity index (χ2n) is 7.60. The largest absolute Gasteiger partial charge is 0.379 e. The number of nitrogens with zero attached hydrogens (tertiary/aromatic N) is 1. The molecule has 0 saturated carbocycles. The van der Waals surface area contributed by atoms with Gasteiger partial charge in [0.25, 0.3) is 0 Å². The first-order valence-electron chi connectivity index (χ1n) is 7.92. The summed E-state index contributed by atoms with van der Waals surface area (Å²) in [6.45, 7) is 14.7. The zero-order chi connectivity index (χ0) is 15.7. The van der Waals surface area contributed by atoms with Crippen molar-refractivity contribution in [1.29, 1.82) is 0 Å². The van der Waals surface area contributed by atoms with Gasteiger partial charge in [-0.1, -0.05) is 45.0 Å². The van der Waals surface area contributed by atoms with Crippen molar-refractivity contribution in [2.45, 2.75) is 51.6 Å². The Morgan fingerprint density at radius 3 is 2.00 bits per heavy atom. The maximum absolute atomic E-state index is 6.58. The van der Waals surface area contributed by atoms with Gasteiger partial charge in [0.1, 0.15) is 0 Å². The predicted molar refractivity (Wildman–Crippen MR) is 88.5 cm³/mol. The van der Waals surface area contributed by atoms with Crippen LogP contribution >= 0.6 is 0 Å². The fourth-order valence-electron chi connectivity index (χ4n) is 2.93. The molecule has 0 spiro atoms. The predicted octanol–water partition coefficient (Wildman–Crippen LogP) is 3.09. The fraction of sp³-hybridized carbons (Fsp3) is 0.667. The van der Waals surface area contributed by atoms with Crippen molar-refractivity contribution < 1.29 is 4.74 Å². The summed E-state index contributed by atoms with van der Waals surface area (Å²) in [6, 6.07) is 8.81. The number of benzene rings is 1. The van der Waals surface area contributed by atoms with Gasteiger partial charge in [0, 0.05) is 24.7 Å². The molecule has 1 fully saturated rings. The maximum atomic E-state index is 6.58. The van der Waals surface area contributed by atoms with E-state index in [1.165, 1.54) is 11.1 Å². The van der Waals surface area contributed by atoms with Gasteiger partial charge in [-0.3, -0.25) is 4.90 Å². The zero-order valence-corrected chi connectivity index (χ0v) is 14.1. The Hall–Kier alpha value is -0.900. The second kappa shape index (κ2) is 6.07. The Kier molecular flexibility index (Phi) is 4.76. The minimum absolute atomic E-state index is 0.00428. The van der Waals surface area contributed by atoms with Crippen LogP contribution in [-0.2, 0) is 10.2 Å². The summed E-state index contributed by atoms with van der Waals surface area (Å²) in [5, 5.41) is 0. The molecule has 118 valence electrons. The molecule has 21 heavy (non-hydrogen) atoms. The molecule has 1 aromatic rings. The van der Waals surface area contributed by atoms with Crippen LogP contribution in [0.25, 0.3) is 0 Å². The van der Waals surface area contributed by atoms with Gasteiger partial charge in [-0.05, 0) is 30.4 Å². The van der Waals surface area contributed by atoms with E-state index in [1.54, 1.807) is 0 Å². The van der Waals surface area contributed by atoms with E-state index in [9.17, 15) is 0 Å². The molecule has 1 atom stereocenters. The SMILES string of the molecule is CC(C)(C)c1ccc(C(N)C(C)(C)N2CCOCC2)cc1. The molecule has 0 bridgehead atoms. The molecule has 1 aliphatic rings. The Morgan fingerprint density at radius 1 is 1.00 bits per heavy atom. The van der Waals surface area contributed by atoms with Crippen LogP contribution in [0.15, 0.2) is 24.3 Å². The van der Waals surface area contributed by atoms with Crippen molar-refractivity contribution in [1.82, 2.24) is 4.90 Å². The van der Waals surface area contributed by atoms with E-state index in [1.807, 2.05) is 0 Å². The Morgan fingerprint density at radius 2 is 1.52 bits per heavy atom. The van der Waals surface area contributed by atoms with Gasteiger partial charge < -0.3 is 10.5 Å². The molecule has 2 N–H and O–H groups in total. The first-order valence-corrected chi connectivity index (χ1v) is 7.92. The standard InChI is InChI=1S/C18H30N2O/c1-17(2,3)15-8-6-14(7-9-15)16(19)18(4,5)20-10-12-21-13-11-20/h6-9,16H,10-13,19H2,1-5H3. The zero-order valence-electron chi connectivity index (χ0n) is 14.1. The van der Waals surface area contributed by atoms with Crippen LogP contribution < -0.4 is 5.73 Å². The molecule has 1 saturated heterocycles. The van der Waals surface area contributed by atoms with E-state index >= 15 is 0 Å². The third-order valence-electron chi connectivity index (χ3n) is 4.72. The van der Waals surface area contributed by atoms with Crippen LogP contribution in [0.3, 0.4) is 0 Å². The van der Waals surface area contributed by atoms with Crippen LogP contribution in [0, 0.1) is 0 Å². The van der Waals surface area contributed by atoms with Gasteiger partial charge in [-0.15, -0.1) is 0 Å². The van der Waals surface area contributed by atoms with Crippen molar-refractivity contribution in [3.05, 3.63) is 35.4 Å². The molecule has 1 unspecified atom stereocenters. The Labute approximate surface area is 129 Å². The van der Waals surface area contributed by atoms with Crippen LogP contribution in [0.5, 0.6) is 0 Å². The smallest absolute Gasteiger partial charge is 0.0594 e. The summed E-state index contributed by atoms with van der Waals surface area (Å²) in [7, 11) is 0. The van der Waals surface area contributed by atoms with E-state index in [2.05, 4.69) is 63.8 Å². The molecular weight excluding hydrogens is 260 g/mol. The molecule has 1 aliphatic heterocycles. The first-order chi connectivity index (χ1) is 9.73. The monoisotopic (exact) mass is 290 g/mol. The fourth-order valence-corrected chi connectivity index (χ4v) is 2.93. The first kappa shape index (κ1) is 16.5. The molecule has 2 rings (SSSR count). The molecule has 3 nitrogen and oxygen atoms in total.